The first-order valence-electron chi connectivity index (χ1n) is 6.44. The van der Waals surface area contributed by atoms with Crippen LogP contribution in [0.4, 0.5) is 0 Å². The number of amides is 1. The highest BCUT2D eigenvalue weighted by Crippen LogP contribution is 2.31. The molecule has 2 aliphatic heterocycles. The van der Waals surface area contributed by atoms with Crippen molar-refractivity contribution in [2.45, 2.75) is 20.3 Å². The molecule has 102 valence electrons. The van der Waals surface area contributed by atoms with Crippen LogP contribution < -0.4 is 0 Å². The van der Waals surface area contributed by atoms with E-state index in [9.17, 15) is 4.79 Å². The van der Waals surface area contributed by atoms with Gasteiger partial charge in [-0.05, 0) is 25.6 Å². The average Bonchev–Trinajstić information content (AvgIpc) is 2.79. The zero-order valence-corrected chi connectivity index (χ0v) is 12.2. The van der Waals surface area contributed by atoms with Gasteiger partial charge in [-0.1, -0.05) is 5.57 Å². The molecular weight excluding hydrogens is 260 g/mol. The molecule has 5 nitrogen and oxygen atoms in total. The second-order valence-corrected chi connectivity index (χ2v) is 5.85. The molecule has 0 N–H and O–H groups in total. The molecule has 0 aliphatic carbocycles. The van der Waals surface area contributed by atoms with E-state index >= 15 is 0 Å². The first-order chi connectivity index (χ1) is 9.11. The molecule has 0 radical (unpaired) electrons. The second kappa shape index (κ2) is 6.22. The fraction of sp³-hybridized carbons (Fsp3) is 0.615. The van der Waals surface area contributed by atoms with Crippen LogP contribution in [-0.4, -0.2) is 53.6 Å². The van der Waals surface area contributed by atoms with Gasteiger partial charge in [-0.3, -0.25) is 9.69 Å². The van der Waals surface area contributed by atoms with Crippen LogP contribution >= 0.6 is 11.8 Å². The van der Waals surface area contributed by atoms with Crippen molar-refractivity contribution in [2.75, 3.05) is 32.7 Å². The van der Waals surface area contributed by atoms with Crippen molar-refractivity contribution in [2.24, 2.45) is 4.99 Å². The molecule has 0 saturated carbocycles. The summed E-state index contributed by atoms with van der Waals surface area (Å²) in [6, 6.07) is 2.17. The van der Waals surface area contributed by atoms with E-state index in [2.05, 4.69) is 20.9 Å². The SMILES string of the molecule is CC(C)=C1SC(N2CCN(CCC#N)CC2)=NC1=O. The monoisotopic (exact) mass is 278 g/mol. The van der Waals surface area contributed by atoms with Crippen molar-refractivity contribution < 1.29 is 4.79 Å². The third kappa shape index (κ3) is 3.37. The molecule has 0 aromatic carbocycles. The van der Waals surface area contributed by atoms with Crippen LogP contribution in [0, 0.1) is 11.3 Å². The standard InChI is InChI=1S/C13H18N4OS/c1-10(2)11-12(18)15-13(19-11)17-8-6-16(7-9-17)5-3-4-14/h3,5-9H2,1-2H3. The molecule has 0 spiro atoms. The van der Waals surface area contributed by atoms with Crippen molar-refractivity contribution in [3.8, 4) is 6.07 Å². The number of piperazine rings is 1. The Morgan fingerprint density at radius 1 is 1.37 bits per heavy atom. The zero-order valence-electron chi connectivity index (χ0n) is 11.3. The lowest BCUT2D eigenvalue weighted by Gasteiger charge is -2.34. The number of hydrogen-bond acceptors (Lipinski definition) is 5. The molecule has 0 bridgehead atoms. The molecule has 2 rings (SSSR count). The van der Waals surface area contributed by atoms with E-state index in [0.717, 1.165) is 48.4 Å². The third-order valence-corrected chi connectivity index (χ3v) is 4.54. The predicted molar refractivity (Wildman–Crippen MR) is 76.7 cm³/mol. The Balaban J connectivity index is 1.90. The van der Waals surface area contributed by atoms with Crippen molar-refractivity contribution >= 4 is 22.8 Å². The van der Waals surface area contributed by atoms with Gasteiger partial charge in [0.25, 0.3) is 5.91 Å². The molecule has 2 heterocycles. The number of hydrogen-bond donors (Lipinski definition) is 0. The summed E-state index contributed by atoms with van der Waals surface area (Å²) in [7, 11) is 0. The maximum absolute atomic E-state index is 11.7. The van der Waals surface area contributed by atoms with Gasteiger partial charge in [-0.25, -0.2) is 0 Å². The molecule has 6 heteroatoms. The molecule has 19 heavy (non-hydrogen) atoms. The van der Waals surface area contributed by atoms with Gasteiger partial charge in [-0.15, -0.1) is 0 Å². The quantitative estimate of drug-likeness (QED) is 0.715. The zero-order chi connectivity index (χ0) is 13.8. The number of nitriles is 1. The lowest BCUT2D eigenvalue weighted by molar-refractivity contribution is -0.113. The van der Waals surface area contributed by atoms with Crippen LogP contribution in [0.1, 0.15) is 20.3 Å². The smallest absolute Gasteiger partial charge is 0.286 e. The maximum atomic E-state index is 11.7. The largest absolute Gasteiger partial charge is 0.348 e. The van der Waals surface area contributed by atoms with E-state index in [-0.39, 0.29) is 5.91 Å². The van der Waals surface area contributed by atoms with E-state index in [0.29, 0.717) is 6.42 Å². The van der Waals surface area contributed by atoms with Crippen LogP contribution in [0.3, 0.4) is 0 Å². The van der Waals surface area contributed by atoms with Gasteiger partial charge in [0.2, 0.25) is 0 Å². The minimum absolute atomic E-state index is 0.105. The summed E-state index contributed by atoms with van der Waals surface area (Å²) >= 11 is 1.49. The Labute approximate surface area is 118 Å². The molecule has 2 aliphatic rings. The lowest BCUT2D eigenvalue weighted by atomic mass is 10.3. The number of aliphatic imine (C=N–C) groups is 1. The number of nitrogens with zero attached hydrogens (tertiary/aromatic N) is 4. The van der Waals surface area contributed by atoms with E-state index in [1.54, 1.807) is 0 Å². The second-order valence-electron chi connectivity index (χ2n) is 4.87. The molecule has 0 aromatic rings. The summed E-state index contributed by atoms with van der Waals surface area (Å²) in [6.45, 7) is 8.33. The van der Waals surface area contributed by atoms with Gasteiger partial charge >= 0.3 is 0 Å². The molecule has 0 aromatic heterocycles. The molecular formula is C13H18N4OS. The minimum atomic E-state index is -0.105. The van der Waals surface area contributed by atoms with E-state index < -0.39 is 0 Å². The number of carbonyl (C=O) groups excluding carboxylic acids is 1. The first-order valence-corrected chi connectivity index (χ1v) is 7.26. The Morgan fingerprint density at radius 3 is 2.58 bits per heavy atom. The summed E-state index contributed by atoms with van der Waals surface area (Å²) in [4.78, 5) is 21.1. The summed E-state index contributed by atoms with van der Waals surface area (Å²) in [6.07, 6.45) is 0.579. The molecule has 1 amide bonds. The van der Waals surface area contributed by atoms with Gasteiger partial charge in [0.05, 0.1) is 11.0 Å². The number of amidine groups is 1. The number of allylic oxidation sites excluding steroid dienone is 1. The minimum Gasteiger partial charge on any atom is -0.348 e. The van der Waals surface area contributed by atoms with Crippen molar-refractivity contribution in [3.05, 3.63) is 10.5 Å². The Bertz CT molecular complexity index is 466. The number of carbonyl (C=O) groups is 1. The summed E-state index contributed by atoms with van der Waals surface area (Å²) in [5, 5.41) is 9.41. The van der Waals surface area contributed by atoms with Crippen LogP contribution in [0.5, 0.6) is 0 Å². The predicted octanol–water partition coefficient (Wildman–Crippen LogP) is 1.44. The summed E-state index contributed by atoms with van der Waals surface area (Å²) in [5.74, 6) is -0.105. The number of rotatable bonds is 2. The highest BCUT2D eigenvalue weighted by atomic mass is 32.2. The highest BCUT2D eigenvalue weighted by molar-refractivity contribution is 8.18. The lowest BCUT2D eigenvalue weighted by Crippen LogP contribution is -2.47. The Morgan fingerprint density at radius 2 is 2.05 bits per heavy atom. The fourth-order valence-electron chi connectivity index (χ4n) is 2.12. The van der Waals surface area contributed by atoms with Gasteiger partial charge in [0.1, 0.15) is 0 Å². The van der Waals surface area contributed by atoms with Crippen LogP contribution in [0.25, 0.3) is 0 Å². The fourth-order valence-corrected chi connectivity index (χ4v) is 3.08. The number of thioether (sulfide) groups is 1. The van der Waals surface area contributed by atoms with Crippen LogP contribution in [0.15, 0.2) is 15.5 Å². The van der Waals surface area contributed by atoms with E-state index in [4.69, 9.17) is 5.26 Å². The molecule has 1 fully saturated rings. The van der Waals surface area contributed by atoms with Crippen LogP contribution in [0.2, 0.25) is 0 Å². The first kappa shape index (κ1) is 14.1. The topological polar surface area (TPSA) is 59.7 Å². The van der Waals surface area contributed by atoms with Gasteiger partial charge in [-0.2, -0.15) is 10.3 Å². The summed E-state index contributed by atoms with van der Waals surface area (Å²) in [5.41, 5.74) is 1.03. The van der Waals surface area contributed by atoms with Gasteiger partial charge < -0.3 is 4.90 Å². The maximum Gasteiger partial charge on any atom is 0.286 e. The Kier molecular flexibility index (Phi) is 4.61. The van der Waals surface area contributed by atoms with Crippen LogP contribution in [-0.2, 0) is 4.79 Å². The Hall–Kier alpha value is -1.32. The van der Waals surface area contributed by atoms with E-state index in [1.165, 1.54) is 11.8 Å². The van der Waals surface area contributed by atoms with Crippen molar-refractivity contribution in [3.63, 3.8) is 0 Å². The van der Waals surface area contributed by atoms with Crippen molar-refractivity contribution in [1.82, 2.24) is 9.80 Å². The van der Waals surface area contributed by atoms with E-state index in [1.807, 2.05) is 13.8 Å². The summed E-state index contributed by atoms with van der Waals surface area (Å²) < 4.78 is 0. The normalized spacial score (nSPS) is 20.5. The highest BCUT2D eigenvalue weighted by Gasteiger charge is 2.28. The molecule has 0 unspecified atom stereocenters. The average molecular weight is 278 g/mol. The van der Waals surface area contributed by atoms with Gasteiger partial charge in [0.15, 0.2) is 5.17 Å². The molecule has 1 saturated heterocycles. The van der Waals surface area contributed by atoms with Gasteiger partial charge in [0, 0.05) is 39.1 Å². The van der Waals surface area contributed by atoms with Crippen molar-refractivity contribution in [1.29, 1.82) is 5.26 Å². The molecule has 0 atom stereocenters. The third-order valence-electron chi connectivity index (χ3n) is 3.22.